The van der Waals surface area contributed by atoms with E-state index in [2.05, 4.69) is 10.6 Å². The van der Waals surface area contributed by atoms with Crippen LogP contribution in [0.3, 0.4) is 0 Å². The van der Waals surface area contributed by atoms with Crippen molar-refractivity contribution in [2.24, 2.45) is 5.92 Å². The number of hydrogen-bond acceptors (Lipinski definition) is 4. The number of nitrogens with zero attached hydrogens (tertiary/aromatic N) is 1. The van der Waals surface area contributed by atoms with Crippen molar-refractivity contribution in [3.8, 4) is 0 Å². The fraction of sp³-hybridized carbons (Fsp3) is 0.438. The Morgan fingerprint density at radius 3 is 2.83 bits per heavy atom. The molecule has 2 N–H and O–H groups in total. The SMILES string of the molecule is CSc1cccc(NC(=O)CN2C(=O)N[C@@](C)(C3CC3)C2=O)c1. The van der Waals surface area contributed by atoms with Gasteiger partial charge < -0.3 is 10.6 Å². The van der Waals surface area contributed by atoms with Crippen molar-refractivity contribution in [3.05, 3.63) is 24.3 Å². The molecule has 1 aromatic rings. The maximum absolute atomic E-state index is 12.5. The van der Waals surface area contributed by atoms with Crippen molar-refractivity contribution in [2.75, 3.05) is 18.1 Å². The molecule has 1 atom stereocenters. The van der Waals surface area contributed by atoms with Gasteiger partial charge in [0.25, 0.3) is 5.91 Å². The monoisotopic (exact) mass is 333 g/mol. The highest BCUT2D eigenvalue weighted by Crippen LogP contribution is 2.42. The molecule has 6 nitrogen and oxygen atoms in total. The summed E-state index contributed by atoms with van der Waals surface area (Å²) in [6, 6.07) is 6.93. The molecule has 122 valence electrons. The van der Waals surface area contributed by atoms with Gasteiger partial charge in [-0.25, -0.2) is 4.79 Å². The normalized spacial score (nSPS) is 23.8. The molecule has 1 saturated heterocycles. The molecule has 2 fully saturated rings. The summed E-state index contributed by atoms with van der Waals surface area (Å²) in [4.78, 5) is 38.7. The lowest BCUT2D eigenvalue weighted by molar-refractivity contribution is -0.134. The van der Waals surface area contributed by atoms with Gasteiger partial charge in [-0.05, 0) is 50.1 Å². The van der Waals surface area contributed by atoms with E-state index < -0.39 is 11.6 Å². The number of imide groups is 1. The Balaban J connectivity index is 1.65. The van der Waals surface area contributed by atoms with Crippen LogP contribution >= 0.6 is 11.8 Å². The van der Waals surface area contributed by atoms with Gasteiger partial charge in [0.2, 0.25) is 5.91 Å². The molecule has 2 aliphatic rings. The van der Waals surface area contributed by atoms with Crippen molar-refractivity contribution in [2.45, 2.75) is 30.2 Å². The van der Waals surface area contributed by atoms with E-state index in [1.807, 2.05) is 24.5 Å². The molecule has 23 heavy (non-hydrogen) atoms. The molecule has 0 spiro atoms. The van der Waals surface area contributed by atoms with Crippen molar-refractivity contribution >= 4 is 35.3 Å². The van der Waals surface area contributed by atoms with Gasteiger partial charge in [-0.15, -0.1) is 11.8 Å². The van der Waals surface area contributed by atoms with Crippen LogP contribution in [0.25, 0.3) is 0 Å². The van der Waals surface area contributed by atoms with Gasteiger partial charge in [0.05, 0.1) is 0 Å². The highest BCUT2D eigenvalue weighted by molar-refractivity contribution is 7.98. The van der Waals surface area contributed by atoms with Gasteiger partial charge in [-0.3, -0.25) is 14.5 Å². The maximum atomic E-state index is 12.5. The lowest BCUT2D eigenvalue weighted by atomic mass is 9.96. The topological polar surface area (TPSA) is 78.5 Å². The molecular formula is C16H19N3O3S. The summed E-state index contributed by atoms with van der Waals surface area (Å²) in [5.74, 6) is -0.505. The van der Waals surface area contributed by atoms with E-state index in [1.54, 1.807) is 24.8 Å². The van der Waals surface area contributed by atoms with Gasteiger partial charge in [-0.1, -0.05) is 6.07 Å². The Morgan fingerprint density at radius 1 is 1.43 bits per heavy atom. The second-order valence-corrected chi connectivity index (χ2v) is 6.96. The van der Waals surface area contributed by atoms with Crippen LogP contribution in [0.2, 0.25) is 0 Å². The third-order valence-corrected chi connectivity index (χ3v) is 5.08. The van der Waals surface area contributed by atoms with Crippen LogP contribution in [0.15, 0.2) is 29.2 Å². The summed E-state index contributed by atoms with van der Waals surface area (Å²) in [6.45, 7) is 1.47. The number of anilines is 1. The summed E-state index contributed by atoms with van der Waals surface area (Å²) < 4.78 is 0. The molecule has 1 aromatic carbocycles. The molecule has 3 rings (SSSR count). The molecule has 0 bridgehead atoms. The predicted octanol–water partition coefficient (Wildman–Crippen LogP) is 2.07. The standard InChI is InChI=1S/C16H19N3O3S/c1-16(10-6-7-10)14(21)19(15(22)18-16)9-13(20)17-11-4-3-5-12(8-11)23-2/h3-5,8,10H,6-7,9H2,1-2H3,(H,17,20)(H,18,22)/t16-/m0/s1. The number of nitrogens with one attached hydrogen (secondary N) is 2. The third-order valence-electron chi connectivity index (χ3n) is 4.35. The molecule has 7 heteroatoms. The van der Waals surface area contributed by atoms with Gasteiger partial charge in [0.1, 0.15) is 12.1 Å². The summed E-state index contributed by atoms with van der Waals surface area (Å²) >= 11 is 1.57. The first-order chi connectivity index (χ1) is 10.9. The number of urea groups is 1. The molecule has 0 radical (unpaired) electrons. The van der Waals surface area contributed by atoms with Crippen LogP contribution in [0.1, 0.15) is 19.8 Å². The Hall–Kier alpha value is -2.02. The van der Waals surface area contributed by atoms with Crippen LogP contribution in [0, 0.1) is 5.92 Å². The molecule has 1 aliphatic carbocycles. The lowest BCUT2D eigenvalue weighted by Gasteiger charge is -2.20. The average molecular weight is 333 g/mol. The van der Waals surface area contributed by atoms with E-state index in [1.165, 1.54) is 0 Å². The zero-order valence-corrected chi connectivity index (χ0v) is 13.9. The first kappa shape index (κ1) is 15.9. The van der Waals surface area contributed by atoms with Crippen LogP contribution in [0.4, 0.5) is 10.5 Å². The van der Waals surface area contributed by atoms with Crippen molar-refractivity contribution < 1.29 is 14.4 Å². The second-order valence-electron chi connectivity index (χ2n) is 6.08. The van der Waals surface area contributed by atoms with E-state index in [0.29, 0.717) is 5.69 Å². The Morgan fingerprint density at radius 2 is 2.17 bits per heavy atom. The highest BCUT2D eigenvalue weighted by Gasteiger charge is 2.56. The molecular weight excluding hydrogens is 314 g/mol. The molecule has 0 unspecified atom stereocenters. The van der Waals surface area contributed by atoms with Gasteiger partial charge in [0.15, 0.2) is 0 Å². The van der Waals surface area contributed by atoms with Crippen molar-refractivity contribution in [3.63, 3.8) is 0 Å². The van der Waals surface area contributed by atoms with Crippen LogP contribution in [-0.2, 0) is 9.59 Å². The average Bonchev–Trinajstić information content (AvgIpc) is 3.34. The Labute approximate surface area is 139 Å². The van der Waals surface area contributed by atoms with E-state index in [-0.39, 0.29) is 24.3 Å². The largest absolute Gasteiger partial charge is 0.325 e. The van der Waals surface area contributed by atoms with Crippen LogP contribution in [0.5, 0.6) is 0 Å². The molecule has 1 saturated carbocycles. The zero-order chi connectivity index (χ0) is 16.6. The number of carbonyl (C=O) groups excluding carboxylic acids is 3. The fourth-order valence-corrected chi connectivity index (χ4v) is 3.30. The van der Waals surface area contributed by atoms with E-state index in [4.69, 9.17) is 0 Å². The summed E-state index contributed by atoms with van der Waals surface area (Å²) in [7, 11) is 0. The smallest absolute Gasteiger partial charge is 0.324 e. The van der Waals surface area contributed by atoms with Gasteiger partial charge >= 0.3 is 6.03 Å². The summed E-state index contributed by atoms with van der Waals surface area (Å²) in [5, 5.41) is 5.46. The number of thioether (sulfide) groups is 1. The predicted molar refractivity (Wildman–Crippen MR) is 88.2 cm³/mol. The minimum atomic E-state index is -0.851. The second kappa shape index (κ2) is 5.88. The number of hydrogen-bond donors (Lipinski definition) is 2. The van der Waals surface area contributed by atoms with E-state index >= 15 is 0 Å². The molecule has 0 aromatic heterocycles. The molecule has 4 amide bonds. The molecule has 1 aliphatic heterocycles. The minimum Gasteiger partial charge on any atom is -0.324 e. The summed E-state index contributed by atoms with van der Waals surface area (Å²) in [5.41, 5.74) is -0.199. The number of amides is 4. The van der Waals surface area contributed by atoms with E-state index in [9.17, 15) is 14.4 Å². The fourth-order valence-electron chi connectivity index (χ4n) is 2.84. The minimum absolute atomic E-state index is 0.185. The molecule has 1 heterocycles. The highest BCUT2D eigenvalue weighted by atomic mass is 32.2. The third kappa shape index (κ3) is 3.06. The van der Waals surface area contributed by atoms with Crippen LogP contribution < -0.4 is 10.6 Å². The Bertz CT molecular complexity index is 674. The number of benzene rings is 1. The summed E-state index contributed by atoms with van der Waals surface area (Å²) in [6.07, 6.45) is 3.82. The van der Waals surface area contributed by atoms with E-state index in [0.717, 1.165) is 22.6 Å². The van der Waals surface area contributed by atoms with Crippen molar-refractivity contribution in [1.29, 1.82) is 0 Å². The first-order valence-electron chi connectivity index (χ1n) is 7.52. The van der Waals surface area contributed by atoms with Crippen LogP contribution in [-0.4, -0.2) is 41.1 Å². The zero-order valence-electron chi connectivity index (χ0n) is 13.1. The Kier molecular flexibility index (Phi) is 4.06. The number of rotatable bonds is 5. The van der Waals surface area contributed by atoms with Gasteiger partial charge in [0, 0.05) is 10.6 Å². The maximum Gasteiger partial charge on any atom is 0.325 e. The first-order valence-corrected chi connectivity index (χ1v) is 8.74. The van der Waals surface area contributed by atoms with Crippen molar-refractivity contribution in [1.82, 2.24) is 10.2 Å². The lowest BCUT2D eigenvalue weighted by Crippen LogP contribution is -2.46. The van der Waals surface area contributed by atoms with Gasteiger partial charge in [-0.2, -0.15) is 0 Å². The quantitative estimate of drug-likeness (QED) is 0.639. The number of carbonyl (C=O) groups is 3.